The van der Waals surface area contributed by atoms with Gasteiger partial charge in [-0.05, 0) is 29.3 Å². The van der Waals surface area contributed by atoms with Crippen molar-refractivity contribution in [1.82, 2.24) is 5.32 Å². The molecule has 0 fully saturated rings. The van der Waals surface area contributed by atoms with Crippen LogP contribution >= 0.6 is 11.6 Å². The van der Waals surface area contributed by atoms with Gasteiger partial charge in [0.1, 0.15) is 12.3 Å². The quantitative estimate of drug-likeness (QED) is 0.674. The summed E-state index contributed by atoms with van der Waals surface area (Å²) in [6, 6.07) is 16.2. The summed E-state index contributed by atoms with van der Waals surface area (Å²) in [6.07, 6.45) is 1.57. The van der Waals surface area contributed by atoms with E-state index in [1.165, 1.54) is 6.92 Å². The van der Waals surface area contributed by atoms with Crippen molar-refractivity contribution in [3.63, 3.8) is 0 Å². The Labute approximate surface area is 139 Å². The van der Waals surface area contributed by atoms with E-state index < -0.39 is 5.97 Å². The SMILES string of the molecule is CC(=O)N/C(=C/c1ccccc1)C(=O)OCc1cccc(Cl)c1. The zero-order valence-electron chi connectivity index (χ0n) is 12.6. The fourth-order valence-electron chi connectivity index (χ4n) is 1.91. The Bertz CT molecular complexity index is 726. The number of halogens is 1. The van der Waals surface area contributed by atoms with Crippen LogP contribution in [0.15, 0.2) is 60.3 Å². The molecule has 0 bridgehead atoms. The normalized spacial score (nSPS) is 11.0. The number of rotatable bonds is 5. The molecule has 0 spiro atoms. The monoisotopic (exact) mass is 329 g/mol. The van der Waals surface area contributed by atoms with Crippen LogP contribution in [0.3, 0.4) is 0 Å². The van der Waals surface area contributed by atoms with Crippen LogP contribution in [0.1, 0.15) is 18.1 Å². The number of amides is 1. The molecule has 0 atom stereocenters. The summed E-state index contributed by atoms with van der Waals surface area (Å²) in [5.74, 6) is -0.948. The van der Waals surface area contributed by atoms with E-state index in [0.29, 0.717) is 5.02 Å². The van der Waals surface area contributed by atoms with E-state index in [1.807, 2.05) is 30.3 Å². The van der Waals surface area contributed by atoms with Gasteiger partial charge in [0.2, 0.25) is 5.91 Å². The molecule has 1 amide bonds. The smallest absolute Gasteiger partial charge is 0.355 e. The summed E-state index contributed by atoms with van der Waals surface area (Å²) in [5.41, 5.74) is 1.65. The van der Waals surface area contributed by atoms with E-state index in [1.54, 1.807) is 30.3 Å². The molecule has 23 heavy (non-hydrogen) atoms. The number of esters is 1. The van der Waals surface area contributed by atoms with E-state index in [4.69, 9.17) is 16.3 Å². The summed E-state index contributed by atoms with van der Waals surface area (Å²) in [4.78, 5) is 23.5. The number of hydrogen-bond donors (Lipinski definition) is 1. The standard InChI is InChI=1S/C18H16ClNO3/c1-13(21)20-17(11-14-6-3-2-4-7-14)18(22)23-12-15-8-5-9-16(19)10-15/h2-11H,12H2,1H3,(H,20,21)/b17-11+. The molecule has 0 aliphatic heterocycles. The van der Waals surface area contributed by atoms with Gasteiger partial charge < -0.3 is 10.1 Å². The minimum absolute atomic E-state index is 0.0745. The molecule has 0 aliphatic carbocycles. The van der Waals surface area contributed by atoms with Crippen LogP contribution in [-0.4, -0.2) is 11.9 Å². The van der Waals surface area contributed by atoms with Crippen molar-refractivity contribution in [2.45, 2.75) is 13.5 Å². The van der Waals surface area contributed by atoms with Gasteiger partial charge in [-0.2, -0.15) is 0 Å². The van der Waals surface area contributed by atoms with Crippen molar-refractivity contribution in [2.75, 3.05) is 0 Å². The van der Waals surface area contributed by atoms with Crippen molar-refractivity contribution in [3.8, 4) is 0 Å². The average Bonchev–Trinajstić information content (AvgIpc) is 2.52. The number of carbonyl (C=O) groups is 2. The van der Waals surface area contributed by atoms with E-state index in [0.717, 1.165) is 11.1 Å². The maximum absolute atomic E-state index is 12.2. The third-order valence-corrected chi connectivity index (χ3v) is 3.14. The van der Waals surface area contributed by atoms with Crippen molar-refractivity contribution < 1.29 is 14.3 Å². The van der Waals surface area contributed by atoms with Gasteiger partial charge in [0.15, 0.2) is 0 Å². The summed E-state index contributed by atoms with van der Waals surface area (Å²) >= 11 is 5.89. The van der Waals surface area contributed by atoms with Crippen molar-refractivity contribution in [2.24, 2.45) is 0 Å². The van der Waals surface area contributed by atoms with Gasteiger partial charge in [-0.1, -0.05) is 54.1 Å². The molecule has 0 radical (unpaired) electrons. The molecule has 2 aromatic carbocycles. The average molecular weight is 330 g/mol. The molecular weight excluding hydrogens is 314 g/mol. The van der Waals surface area contributed by atoms with Crippen LogP contribution in [0.25, 0.3) is 6.08 Å². The van der Waals surface area contributed by atoms with Gasteiger partial charge in [-0.3, -0.25) is 4.79 Å². The van der Waals surface area contributed by atoms with Crippen LogP contribution in [0.5, 0.6) is 0 Å². The molecule has 0 saturated carbocycles. The van der Waals surface area contributed by atoms with E-state index in [-0.39, 0.29) is 18.2 Å². The first-order valence-electron chi connectivity index (χ1n) is 7.00. The Morgan fingerprint density at radius 1 is 1.13 bits per heavy atom. The first-order valence-corrected chi connectivity index (χ1v) is 7.38. The molecule has 0 saturated heterocycles. The Morgan fingerprint density at radius 3 is 2.52 bits per heavy atom. The molecule has 1 N–H and O–H groups in total. The lowest BCUT2D eigenvalue weighted by Crippen LogP contribution is -2.26. The zero-order valence-corrected chi connectivity index (χ0v) is 13.3. The van der Waals surface area contributed by atoms with Gasteiger partial charge in [0, 0.05) is 11.9 Å². The predicted molar refractivity (Wildman–Crippen MR) is 89.5 cm³/mol. The lowest BCUT2D eigenvalue weighted by molar-refractivity contribution is -0.141. The lowest BCUT2D eigenvalue weighted by Gasteiger charge is -2.09. The van der Waals surface area contributed by atoms with Crippen LogP contribution in [-0.2, 0) is 20.9 Å². The maximum Gasteiger partial charge on any atom is 0.355 e. The van der Waals surface area contributed by atoms with E-state index in [2.05, 4.69) is 5.32 Å². The zero-order chi connectivity index (χ0) is 16.7. The summed E-state index contributed by atoms with van der Waals surface area (Å²) in [6.45, 7) is 1.41. The first-order chi connectivity index (χ1) is 11.0. The van der Waals surface area contributed by atoms with Crippen LogP contribution in [0.4, 0.5) is 0 Å². The first kappa shape index (κ1) is 16.8. The Balaban J connectivity index is 2.10. The number of nitrogens with one attached hydrogen (secondary N) is 1. The second-order valence-corrected chi connectivity index (χ2v) is 5.29. The largest absolute Gasteiger partial charge is 0.456 e. The Morgan fingerprint density at radius 2 is 1.87 bits per heavy atom. The summed E-state index contributed by atoms with van der Waals surface area (Å²) in [7, 11) is 0. The highest BCUT2D eigenvalue weighted by atomic mass is 35.5. The second-order valence-electron chi connectivity index (χ2n) is 4.86. The van der Waals surface area contributed by atoms with E-state index in [9.17, 15) is 9.59 Å². The topological polar surface area (TPSA) is 55.4 Å². The Hall–Kier alpha value is -2.59. The molecule has 0 unspecified atom stereocenters. The van der Waals surface area contributed by atoms with Crippen molar-refractivity contribution >= 4 is 29.6 Å². The van der Waals surface area contributed by atoms with Gasteiger partial charge in [0.25, 0.3) is 0 Å². The van der Waals surface area contributed by atoms with Gasteiger partial charge in [-0.15, -0.1) is 0 Å². The van der Waals surface area contributed by atoms with Crippen LogP contribution < -0.4 is 5.32 Å². The van der Waals surface area contributed by atoms with Gasteiger partial charge >= 0.3 is 5.97 Å². The highest BCUT2D eigenvalue weighted by molar-refractivity contribution is 6.30. The van der Waals surface area contributed by atoms with Gasteiger partial charge in [-0.25, -0.2) is 4.79 Å². The number of carbonyl (C=O) groups excluding carboxylic acids is 2. The fraction of sp³-hybridized carbons (Fsp3) is 0.111. The van der Waals surface area contributed by atoms with Crippen molar-refractivity contribution in [1.29, 1.82) is 0 Å². The number of ether oxygens (including phenoxy) is 1. The lowest BCUT2D eigenvalue weighted by atomic mass is 10.2. The molecule has 0 heterocycles. The van der Waals surface area contributed by atoms with E-state index >= 15 is 0 Å². The molecule has 118 valence electrons. The third kappa shape index (κ3) is 5.60. The molecule has 5 heteroatoms. The van der Waals surface area contributed by atoms with Crippen LogP contribution in [0.2, 0.25) is 5.02 Å². The molecule has 0 aliphatic rings. The summed E-state index contributed by atoms with van der Waals surface area (Å²) in [5, 5.41) is 3.07. The highest BCUT2D eigenvalue weighted by Gasteiger charge is 2.13. The minimum Gasteiger partial charge on any atom is -0.456 e. The molecule has 0 aromatic heterocycles. The van der Waals surface area contributed by atoms with Gasteiger partial charge in [0.05, 0.1) is 0 Å². The fourth-order valence-corrected chi connectivity index (χ4v) is 2.12. The minimum atomic E-state index is -0.607. The van der Waals surface area contributed by atoms with Crippen molar-refractivity contribution in [3.05, 3.63) is 76.4 Å². The molecule has 4 nitrogen and oxygen atoms in total. The molecule has 2 rings (SSSR count). The number of benzene rings is 2. The summed E-state index contributed by atoms with van der Waals surface area (Å²) < 4.78 is 5.24. The van der Waals surface area contributed by atoms with Crippen LogP contribution in [0, 0.1) is 0 Å². The maximum atomic E-state index is 12.2. The third-order valence-electron chi connectivity index (χ3n) is 2.90. The molecular formula is C18H16ClNO3. The highest BCUT2D eigenvalue weighted by Crippen LogP contribution is 2.13. The second kappa shape index (κ2) is 8.15. The number of hydrogen-bond acceptors (Lipinski definition) is 3. The Kier molecular flexibility index (Phi) is 5.94. The predicted octanol–water partition coefficient (Wildman–Crippen LogP) is 3.56. The molecule has 2 aromatic rings.